The number of benzene rings is 1. The lowest BCUT2D eigenvalue weighted by Crippen LogP contribution is -2.31. The van der Waals surface area contributed by atoms with Crippen molar-refractivity contribution in [2.45, 2.75) is 25.4 Å². The van der Waals surface area contributed by atoms with Crippen LogP contribution in [0.5, 0.6) is 0 Å². The minimum atomic E-state index is -0.515. The molecule has 4 rings (SSSR count). The molecule has 0 unspecified atom stereocenters. The molecule has 26 heavy (non-hydrogen) atoms. The first-order valence-electron chi connectivity index (χ1n) is 8.36. The first-order valence-corrected chi connectivity index (χ1v) is 8.36. The highest BCUT2D eigenvalue weighted by molar-refractivity contribution is 6.04. The summed E-state index contributed by atoms with van der Waals surface area (Å²) in [6, 6.07) is 14.1. The molecule has 1 aliphatic heterocycles. The van der Waals surface area contributed by atoms with E-state index in [-0.39, 0.29) is 12.5 Å². The molecule has 3 aromatic rings. The van der Waals surface area contributed by atoms with Crippen molar-refractivity contribution >= 4 is 11.9 Å². The third kappa shape index (κ3) is 3.23. The standard InChI is InChI=1S/C19H17N3O4/c23-18-15(9-8-13-5-2-1-3-6-13)20-19(24)22(18)12-14-11-17(26-21-14)16-7-4-10-25-16/h1-7,10-11,15H,8-9,12H2,(H,20,24)/t15-/m1/s1. The number of aryl methyl sites for hydroxylation is 1. The quantitative estimate of drug-likeness (QED) is 0.690. The highest BCUT2D eigenvalue weighted by Crippen LogP contribution is 2.22. The van der Waals surface area contributed by atoms with Crippen LogP contribution in [0.25, 0.3) is 11.5 Å². The van der Waals surface area contributed by atoms with Gasteiger partial charge in [0, 0.05) is 6.07 Å². The Labute approximate surface area is 149 Å². The number of urea groups is 1. The summed E-state index contributed by atoms with van der Waals surface area (Å²) in [4.78, 5) is 25.9. The van der Waals surface area contributed by atoms with Crippen molar-refractivity contribution in [3.05, 3.63) is 66.1 Å². The summed E-state index contributed by atoms with van der Waals surface area (Å²) < 4.78 is 10.5. The molecule has 132 valence electrons. The number of aromatic nitrogens is 1. The molecule has 3 heterocycles. The van der Waals surface area contributed by atoms with E-state index in [1.807, 2.05) is 30.3 Å². The van der Waals surface area contributed by atoms with Gasteiger partial charge in [0.2, 0.25) is 5.76 Å². The molecule has 3 amide bonds. The molecule has 1 aromatic carbocycles. The number of carbonyl (C=O) groups excluding carboxylic acids is 2. The van der Waals surface area contributed by atoms with E-state index in [0.29, 0.717) is 23.6 Å². The maximum absolute atomic E-state index is 12.5. The minimum absolute atomic E-state index is 0.0662. The summed E-state index contributed by atoms with van der Waals surface area (Å²) >= 11 is 0. The summed E-state index contributed by atoms with van der Waals surface area (Å²) in [6.07, 6.45) is 2.81. The van der Waals surface area contributed by atoms with E-state index < -0.39 is 12.1 Å². The number of nitrogens with zero attached hydrogens (tertiary/aromatic N) is 2. The van der Waals surface area contributed by atoms with Crippen LogP contribution in [0.3, 0.4) is 0 Å². The molecule has 0 aliphatic carbocycles. The second kappa shape index (κ2) is 6.87. The predicted molar refractivity (Wildman–Crippen MR) is 91.8 cm³/mol. The molecule has 7 nitrogen and oxygen atoms in total. The van der Waals surface area contributed by atoms with Gasteiger partial charge in [-0.15, -0.1) is 0 Å². The van der Waals surface area contributed by atoms with Crippen molar-refractivity contribution in [2.24, 2.45) is 0 Å². The minimum Gasteiger partial charge on any atom is -0.461 e. The zero-order valence-electron chi connectivity index (χ0n) is 13.9. The molecule has 0 radical (unpaired) electrons. The van der Waals surface area contributed by atoms with Crippen LogP contribution in [0.15, 0.2) is 63.7 Å². The third-order valence-corrected chi connectivity index (χ3v) is 4.31. The Morgan fingerprint density at radius 2 is 1.92 bits per heavy atom. The van der Waals surface area contributed by atoms with Crippen molar-refractivity contribution in [1.82, 2.24) is 15.4 Å². The van der Waals surface area contributed by atoms with E-state index in [1.165, 1.54) is 11.2 Å². The van der Waals surface area contributed by atoms with Gasteiger partial charge in [-0.05, 0) is 30.5 Å². The number of hydrogen-bond donors (Lipinski definition) is 1. The summed E-state index contributed by atoms with van der Waals surface area (Å²) in [5.41, 5.74) is 1.62. The molecule has 7 heteroatoms. The molecule has 1 atom stereocenters. The molecular formula is C19H17N3O4. The van der Waals surface area contributed by atoms with Gasteiger partial charge in [-0.2, -0.15) is 0 Å². The Hall–Kier alpha value is -3.35. The molecule has 0 saturated carbocycles. The first kappa shape index (κ1) is 16.1. The van der Waals surface area contributed by atoms with Gasteiger partial charge < -0.3 is 14.3 Å². The topological polar surface area (TPSA) is 88.6 Å². The average molecular weight is 351 g/mol. The fraction of sp³-hybridized carbons (Fsp3) is 0.211. The van der Waals surface area contributed by atoms with Crippen LogP contribution in [-0.2, 0) is 17.8 Å². The largest absolute Gasteiger partial charge is 0.461 e. The van der Waals surface area contributed by atoms with Gasteiger partial charge in [0.05, 0.1) is 12.8 Å². The Kier molecular flexibility index (Phi) is 4.27. The summed E-state index contributed by atoms with van der Waals surface area (Å²) in [7, 11) is 0. The Balaban J connectivity index is 1.39. The number of carbonyl (C=O) groups is 2. The van der Waals surface area contributed by atoms with Crippen LogP contribution in [-0.4, -0.2) is 28.0 Å². The van der Waals surface area contributed by atoms with Crippen LogP contribution in [0.2, 0.25) is 0 Å². The van der Waals surface area contributed by atoms with Crippen LogP contribution >= 0.6 is 0 Å². The van der Waals surface area contributed by atoms with Gasteiger partial charge in [-0.3, -0.25) is 9.69 Å². The second-order valence-electron chi connectivity index (χ2n) is 6.11. The molecule has 1 saturated heterocycles. The molecule has 1 aliphatic rings. The van der Waals surface area contributed by atoms with Gasteiger partial charge in [0.1, 0.15) is 11.7 Å². The smallest absolute Gasteiger partial charge is 0.325 e. The highest BCUT2D eigenvalue weighted by atomic mass is 16.5. The van der Waals surface area contributed by atoms with Gasteiger partial charge in [-0.1, -0.05) is 35.5 Å². The number of rotatable bonds is 6. The fourth-order valence-corrected chi connectivity index (χ4v) is 2.96. The average Bonchev–Trinajstić information content (AvgIpc) is 3.38. The Morgan fingerprint density at radius 3 is 2.69 bits per heavy atom. The SMILES string of the molecule is O=C1N[C@H](CCc2ccccc2)C(=O)N1Cc1cc(-c2ccco2)on1. The van der Waals surface area contributed by atoms with Gasteiger partial charge >= 0.3 is 6.03 Å². The fourth-order valence-electron chi connectivity index (χ4n) is 2.96. The number of nitrogens with one attached hydrogen (secondary N) is 1. The maximum Gasteiger partial charge on any atom is 0.325 e. The van der Waals surface area contributed by atoms with Crippen molar-refractivity contribution in [2.75, 3.05) is 0 Å². The molecule has 0 bridgehead atoms. The van der Waals surface area contributed by atoms with E-state index in [2.05, 4.69) is 10.5 Å². The zero-order valence-corrected chi connectivity index (χ0v) is 13.9. The summed E-state index contributed by atoms with van der Waals surface area (Å²) in [5.74, 6) is 0.757. The molecule has 1 N–H and O–H groups in total. The van der Waals surface area contributed by atoms with E-state index in [9.17, 15) is 9.59 Å². The highest BCUT2D eigenvalue weighted by Gasteiger charge is 2.38. The van der Waals surface area contributed by atoms with Crippen LogP contribution in [0.4, 0.5) is 4.79 Å². The van der Waals surface area contributed by atoms with E-state index in [1.54, 1.807) is 18.2 Å². The van der Waals surface area contributed by atoms with E-state index in [0.717, 1.165) is 12.0 Å². The number of amides is 3. The van der Waals surface area contributed by atoms with Crippen molar-refractivity contribution in [1.29, 1.82) is 0 Å². The van der Waals surface area contributed by atoms with Crippen LogP contribution in [0.1, 0.15) is 17.7 Å². The number of hydrogen-bond acceptors (Lipinski definition) is 5. The predicted octanol–water partition coefficient (Wildman–Crippen LogP) is 2.99. The third-order valence-electron chi connectivity index (χ3n) is 4.31. The van der Waals surface area contributed by atoms with Crippen molar-refractivity contribution in [3.63, 3.8) is 0 Å². The van der Waals surface area contributed by atoms with Crippen LogP contribution in [0, 0.1) is 0 Å². The molecule has 0 spiro atoms. The number of furan rings is 1. The van der Waals surface area contributed by atoms with E-state index >= 15 is 0 Å². The summed E-state index contributed by atoms with van der Waals surface area (Å²) in [6.45, 7) is 0.0662. The number of imide groups is 1. The molecule has 1 fully saturated rings. The monoisotopic (exact) mass is 351 g/mol. The lowest BCUT2D eigenvalue weighted by Gasteiger charge is -2.11. The van der Waals surface area contributed by atoms with Gasteiger partial charge in [0.25, 0.3) is 5.91 Å². The van der Waals surface area contributed by atoms with Gasteiger partial charge in [0.15, 0.2) is 5.76 Å². The van der Waals surface area contributed by atoms with Crippen molar-refractivity contribution < 1.29 is 18.5 Å². The molecule has 2 aromatic heterocycles. The second-order valence-corrected chi connectivity index (χ2v) is 6.11. The first-order chi connectivity index (χ1) is 12.7. The Bertz CT molecular complexity index is 902. The maximum atomic E-state index is 12.5. The van der Waals surface area contributed by atoms with Crippen molar-refractivity contribution in [3.8, 4) is 11.5 Å². The van der Waals surface area contributed by atoms with E-state index in [4.69, 9.17) is 8.94 Å². The normalized spacial score (nSPS) is 16.9. The van der Waals surface area contributed by atoms with Gasteiger partial charge in [-0.25, -0.2) is 4.79 Å². The zero-order chi connectivity index (χ0) is 17.9. The van der Waals surface area contributed by atoms with Crippen LogP contribution < -0.4 is 5.32 Å². The summed E-state index contributed by atoms with van der Waals surface area (Å²) in [5, 5.41) is 6.65. The lowest BCUT2D eigenvalue weighted by molar-refractivity contribution is -0.128. The molecular weight excluding hydrogens is 334 g/mol. The Morgan fingerprint density at radius 1 is 1.08 bits per heavy atom. The lowest BCUT2D eigenvalue weighted by atomic mass is 10.1.